The third-order valence-electron chi connectivity index (χ3n) is 2.30. The highest BCUT2D eigenvalue weighted by Crippen LogP contribution is 2.28. The first-order chi connectivity index (χ1) is 8.22. The minimum Gasteiger partial charge on any atom is -0.493 e. The second kappa shape index (κ2) is 5.01. The van der Waals surface area contributed by atoms with E-state index in [4.69, 9.17) is 26.2 Å². The van der Waals surface area contributed by atoms with Gasteiger partial charge in [-0.1, -0.05) is 6.07 Å². The third-order valence-corrected chi connectivity index (χ3v) is 2.48. The van der Waals surface area contributed by atoms with E-state index < -0.39 is 0 Å². The third kappa shape index (κ3) is 2.65. The summed E-state index contributed by atoms with van der Waals surface area (Å²) >= 11 is 4.78. The van der Waals surface area contributed by atoms with Gasteiger partial charge in [0.25, 0.3) is 0 Å². The molecule has 0 radical (unpaired) electrons. The van der Waals surface area contributed by atoms with Gasteiger partial charge in [0.1, 0.15) is 5.82 Å². The summed E-state index contributed by atoms with van der Waals surface area (Å²) in [6.07, 6.45) is 0.598. The van der Waals surface area contributed by atoms with Gasteiger partial charge in [-0.15, -0.1) is 0 Å². The molecule has 1 heterocycles. The minimum absolute atomic E-state index is 0.209. The fourth-order valence-electron chi connectivity index (χ4n) is 1.52. The highest BCUT2D eigenvalue weighted by atomic mass is 32.1. The quantitative estimate of drug-likeness (QED) is 0.846. The average molecular weight is 252 g/mol. The average Bonchev–Trinajstić information content (AvgIpc) is 2.74. The van der Waals surface area contributed by atoms with Crippen molar-refractivity contribution in [1.82, 2.24) is 10.1 Å². The fraction of sp³-hybridized carbons (Fsp3) is 0.273. The Morgan fingerprint density at radius 2 is 2.06 bits per heavy atom. The molecule has 1 N–H and O–H groups in total. The molecule has 0 aliphatic carbocycles. The zero-order valence-corrected chi connectivity index (χ0v) is 10.3. The van der Waals surface area contributed by atoms with E-state index in [2.05, 4.69) is 10.1 Å². The van der Waals surface area contributed by atoms with Crippen molar-refractivity contribution in [3.63, 3.8) is 0 Å². The highest BCUT2D eigenvalue weighted by molar-refractivity contribution is 7.71. The molecule has 0 aliphatic heterocycles. The van der Waals surface area contributed by atoms with Crippen LogP contribution in [0.5, 0.6) is 11.5 Å². The van der Waals surface area contributed by atoms with Crippen LogP contribution in [0.4, 0.5) is 0 Å². The van der Waals surface area contributed by atoms with E-state index in [1.807, 2.05) is 18.2 Å². The maximum absolute atomic E-state index is 5.22. The van der Waals surface area contributed by atoms with Gasteiger partial charge in [0, 0.05) is 6.42 Å². The predicted molar refractivity (Wildman–Crippen MR) is 64.0 cm³/mol. The summed E-state index contributed by atoms with van der Waals surface area (Å²) in [7, 11) is 3.21. The molecule has 1 aromatic heterocycles. The summed E-state index contributed by atoms with van der Waals surface area (Å²) in [5.41, 5.74) is 1.03. The number of aromatic nitrogens is 2. The number of H-pyrrole nitrogens is 1. The normalized spacial score (nSPS) is 10.2. The molecule has 17 heavy (non-hydrogen) atoms. The van der Waals surface area contributed by atoms with E-state index in [1.165, 1.54) is 0 Å². The number of methoxy groups -OCH3 is 2. The maximum Gasteiger partial charge on any atom is 0.314 e. The monoisotopic (exact) mass is 252 g/mol. The van der Waals surface area contributed by atoms with Crippen LogP contribution in [0.1, 0.15) is 11.4 Å². The smallest absolute Gasteiger partial charge is 0.314 e. The topological polar surface area (TPSA) is 60.3 Å². The molecule has 1 aromatic carbocycles. The molecule has 0 unspecified atom stereocenters. The van der Waals surface area contributed by atoms with Gasteiger partial charge in [-0.3, -0.25) is 0 Å². The number of rotatable bonds is 4. The summed E-state index contributed by atoms with van der Waals surface area (Å²) < 4.78 is 15.2. The lowest BCUT2D eigenvalue weighted by atomic mass is 10.1. The Hall–Kier alpha value is -1.82. The number of aromatic amines is 1. The van der Waals surface area contributed by atoms with Crippen LogP contribution in [0.3, 0.4) is 0 Å². The molecule has 2 rings (SSSR count). The SMILES string of the molecule is COc1ccc(Cc2nc(=S)o[nH]2)cc1OC. The van der Waals surface area contributed by atoms with Gasteiger partial charge in [0.2, 0.25) is 0 Å². The van der Waals surface area contributed by atoms with Crippen LogP contribution in [0, 0.1) is 4.84 Å². The first-order valence-electron chi connectivity index (χ1n) is 4.98. The number of ether oxygens (including phenoxy) is 2. The van der Waals surface area contributed by atoms with Crippen molar-refractivity contribution in [1.29, 1.82) is 0 Å². The largest absolute Gasteiger partial charge is 0.493 e. The molecule has 0 saturated carbocycles. The van der Waals surface area contributed by atoms with Crippen molar-refractivity contribution in [3.05, 3.63) is 34.4 Å². The highest BCUT2D eigenvalue weighted by Gasteiger charge is 2.06. The van der Waals surface area contributed by atoms with E-state index in [9.17, 15) is 0 Å². The number of hydrogen-bond donors (Lipinski definition) is 1. The molecule has 0 amide bonds. The molecule has 5 nitrogen and oxygen atoms in total. The van der Waals surface area contributed by atoms with Crippen LogP contribution in [-0.2, 0) is 6.42 Å². The Kier molecular flexibility index (Phi) is 3.43. The molecule has 0 aliphatic rings. The molecule has 0 spiro atoms. The van der Waals surface area contributed by atoms with Gasteiger partial charge in [-0.2, -0.15) is 4.98 Å². The number of nitrogens with one attached hydrogen (secondary N) is 1. The minimum atomic E-state index is 0.209. The predicted octanol–water partition coefficient (Wildman–Crippen LogP) is 2.34. The van der Waals surface area contributed by atoms with E-state index >= 15 is 0 Å². The van der Waals surface area contributed by atoms with Crippen molar-refractivity contribution < 1.29 is 14.0 Å². The lowest BCUT2D eigenvalue weighted by Gasteiger charge is -2.08. The molecule has 6 heteroatoms. The summed E-state index contributed by atoms with van der Waals surface area (Å²) in [4.78, 5) is 4.23. The van der Waals surface area contributed by atoms with Crippen LogP contribution in [-0.4, -0.2) is 24.4 Å². The van der Waals surface area contributed by atoms with Crippen molar-refractivity contribution in [2.45, 2.75) is 6.42 Å². The van der Waals surface area contributed by atoms with Gasteiger partial charge < -0.3 is 14.0 Å². The van der Waals surface area contributed by atoms with E-state index in [1.54, 1.807) is 14.2 Å². The molecule has 2 aromatic rings. The van der Waals surface area contributed by atoms with Crippen LogP contribution in [0.15, 0.2) is 22.7 Å². The van der Waals surface area contributed by atoms with Crippen LogP contribution in [0.25, 0.3) is 0 Å². The molecule has 0 saturated heterocycles. The second-order valence-corrected chi connectivity index (χ2v) is 3.74. The fourth-order valence-corrected chi connectivity index (χ4v) is 1.67. The molecular weight excluding hydrogens is 240 g/mol. The molecule has 0 atom stereocenters. The van der Waals surface area contributed by atoms with Crippen LogP contribution < -0.4 is 9.47 Å². The van der Waals surface area contributed by atoms with Crippen molar-refractivity contribution in [3.8, 4) is 11.5 Å². The number of nitrogens with zero attached hydrogens (tertiary/aromatic N) is 1. The lowest BCUT2D eigenvalue weighted by Crippen LogP contribution is -1.94. The Morgan fingerprint density at radius 1 is 1.29 bits per heavy atom. The van der Waals surface area contributed by atoms with Crippen LogP contribution >= 0.6 is 12.2 Å². The van der Waals surface area contributed by atoms with Gasteiger partial charge >= 0.3 is 4.84 Å². The molecular formula is C11H12N2O3S. The van der Waals surface area contributed by atoms with Gasteiger partial charge in [-0.25, -0.2) is 5.16 Å². The van der Waals surface area contributed by atoms with E-state index in [-0.39, 0.29) is 4.84 Å². The van der Waals surface area contributed by atoms with Crippen molar-refractivity contribution >= 4 is 12.2 Å². The Balaban J connectivity index is 2.25. The Bertz CT molecular complexity index is 562. The van der Waals surface area contributed by atoms with E-state index in [0.29, 0.717) is 23.7 Å². The molecule has 0 fully saturated rings. The molecule has 0 bridgehead atoms. The first-order valence-corrected chi connectivity index (χ1v) is 5.39. The van der Waals surface area contributed by atoms with Crippen LogP contribution in [0.2, 0.25) is 0 Å². The Labute approximate surface area is 103 Å². The van der Waals surface area contributed by atoms with Gasteiger partial charge in [-0.05, 0) is 29.9 Å². The second-order valence-electron chi connectivity index (χ2n) is 3.39. The summed E-state index contributed by atoms with van der Waals surface area (Å²) in [6.45, 7) is 0. The summed E-state index contributed by atoms with van der Waals surface area (Å²) in [6, 6.07) is 5.68. The van der Waals surface area contributed by atoms with E-state index in [0.717, 1.165) is 5.56 Å². The maximum atomic E-state index is 5.22. The zero-order valence-electron chi connectivity index (χ0n) is 9.52. The lowest BCUT2D eigenvalue weighted by molar-refractivity contribution is 0.354. The summed E-state index contributed by atoms with van der Waals surface area (Å²) in [5, 5.41) is 2.66. The number of hydrogen-bond acceptors (Lipinski definition) is 5. The van der Waals surface area contributed by atoms with Gasteiger partial charge in [0.05, 0.1) is 14.2 Å². The van der Waals surface area contributed by atoms with Gasteiger partial charge in [0.15, 0.2) is 11.5 Å². The standard InChI is InChI=1S/C11H12N2O3S/c1-14-8-4-3-7(5-9(8)15-2)6-10-12-11(17)16-13-10/h3-5H,6H2,1-2H3,(H,12,13,17). The Morgan fingerprint density at radius 3 is 2.65 bits per heavy atom. The van der Waals surface area contributed by atoms with Crippen molar-refractivity contribution in [2.75, 3.05) is 14.2 Å². The number of benzene rings is 1. The zero-order chi connectivity index (χ0) is 12.3. The van der Waals surface area contributed by atoms with Crippen molar-refractivity contribution in [2.24, 2.45) is 0 Å². The summed E-state index contributed by atoms with van der Waals surface area (Å²) in [5.74, 6) is 2.07. The first kappa shape index (κ1) is 11.7. The molecule has 90 valence electrons.